The second kappa shape index (κ2) is 3.26. The van der Waals surface area contributed by atoms with E-state index in [1.807, 2.05) is 6.92 Å². The molecule has 3 heteroatoms. The Bertz CT molecular complexity index is 331. The van der Waals surface area contributed by atoms with Crippen molar-refractivity contribution < 1.29 is 4.79 Å². The van der Waals surface area contributed by atoms with Crippen LogP contribution in [0.3, 0.4) is 0 Å². The summed E-state index contributed by atoms with van der Waals surface area (Å²) in [6, 6.07) is 4.97. The normalized spacial score (nSPS) is 9.50. The molecule has 0 unspecified atom stereocenters. The summed E-state index contributed by atoms with van der Waals surface area (Å²) in [4.78, 5) is 21.2. The fourth-order valence-corrected chi connectivity index (χ4v) is 1.01. The van der Waals surface area contributed by atoms with Crippen LogP contribution in [0.2, 0.25) is 0 Å². The van der Waals surface area contributed by atoms with Crippen molar-refractivity contribution in [3.63, 3.8) is 0 Å². The minimum atomic E-state index is -0.131. The lowest BCUT2D eigenvalue weighted by molar-refractivity contribution is 0.101. The maximum absolute atomic E-state index is 11.0. The van der Waals surface area contributed by atoms with Gasteiger partial charge in [-0.25, -0.2) is 0 Å². The molecule has 0 aliphatic carbocycles. The first-order chi connectivity index (χ1) is 5.65. The third-order valence-corrected chi connectivity index (χ3v) is 1.63. The molecule has 62 valence electrons. The van der Waals surface area contributed by atoms with Gasteiger partial charge in [-0.05, 0) is 31.2 Å². The zero-order valence-corrected chi connectivity index (χ0v) is 7.00. The largest absolute Gasteiger partial charge is 0.294 e. The molecule has 1 aromatic rings. The number of nitroso groups, excluding NO2 is 1. The maximum atomic E-state index is 11.0. The Kier molecular flexibility index (Phi) is 2.33. The molecular weight excluding hydrogens is 154 g/mol. The van der Waals surface area contributed by atoms with Gasteiger partial charge in [-0.2, -0.15) is 0 Å². The van der Waals surface area contributed by atoms with Crippen LogP contribution in [0.1, 0.15) is 22.8 Å². The van der Waals surface area contributed by atoms with Crippen LogP contribution in [0.15, 0.2) is 23.4 Å². The Hall–Kier alpha value is -1.51. The number of ketones is 1. The highest BCUT2D eigenvalue weighted by molar-refractivity contribution is 5.98. The number of hydrogen-bond donors (Lipinski definition) is 0. The standard InChI is InChI=1S/C9H9NO2/c1-6-3-4-9(10-12)8(5-6)7(2)11/h3-5H,1-2H3. The van der Waals surface area contributed by atoms with E-state index in [0.717, 1.165) is 5.56 Å². The summed E-state index contributed by atoms with van der Waals surface area (Å²) in [5.74, 6) is -0.131. The van der Waals surface area contributed by atoms with E-state index in [-0.39, 0.29) is 11.5 Å². The Morgan fingerprint density at radius 2 is 2.08 bits per heavy atom. The Morgan fingerprint density at radius 3 is 2.58 bits per heavy atom. The molecule has 0 aliphatic rings. The van der Waals surface area contributed by atoms with Crippen LogP contribution >= 0.6 is 0 Å². The molecule has 0 atom stereocenters. The fraction of sp³-hybridized carbons (Fsp3) is 0.222. The average Bonchev–Trinajstić information content (AvgIpc) is 2.04. The molecule has 0 N–H and O–H groups in total. The summed E-state index contributed by atoms with van der Waals surface area (Å²) in [6.07, 6.45) is 0. The van der Waals surface area contributed by atoms with Crippen LogP contribution in [0.4, 0.5) is 5.69 Å². The number of Topliss-reactive ketones (excluding diaryl/α,β-unsaturated/α-hetero) is 1. The smallest absolute Gasteiger partial charge is 0.162 e. The molecule has 0 amide bonds. The van der Waals surface area contributed by atoms with E-state index in [4.69, 9.17) is 0 Å². The minimum Gasteiger partial charge on any atom is -0.294 e. The molecule has 0 aromatic heterocycles. The Morgan fingerprint density at radius 1 is 1.42 bits per heavy atom. The van der Waals surface area contributed by atoms with Crippen molar-refractivity contribution in [2.75, 3.05) is 0 Å². The minimum absolute atomic E-state index is 0.131. The molecule has 0 bridgehead atoms. The van der Waals surface area contributed by atoms with Crippen molar-refractivity contribution in [1.29, 1.82) is 0 Å². The van der Waals surface area contributed by atoms with Crippen LogP contribution in [-0.4, -0.2) is 5.78 Å². The topological polar surface area (TPSA) is 46.5 Å². The summed E-state index contributed by atoms with van der Waals surface area (Å²) < 4.78 is 0. The second-order valence-electron chi connectivity index (χ2n) is 2.67. The van der Waals surface area contributed by atoms with Gasteiger partial charge in [0.25, 0.3) is 0 Å². The van der Waals surface area contributed by atoms with Crippen LogP contribution in [-0.2, 0) is 0 Å². The first kappa shape index (κ1) is 8.59. The zero-order valence-electron chi connectivity index (χ0n) is 7.00. The number of nitrogens with zero attached hydrogens (tertiary/aromatic N) is 1. The van der Waals surface area contributed by atoms with Gasteiger partial charge in [0.15, 0.2) is 5.78 Å². The lowest BCUT2D eigenvalue weighted by atomic mass is 10.1. The van der Waals surface area contributed by atoms with Gasteiger partial charge in [0, 0.05) is 5.56 Å². The molecule has 0 fully saturated rings. The average molecular weight is 163 g/mol. The van der Waals surface area contributed by atoms with E-state index in [0.29, 0.717) is 5.56 Å². The van der Waals surface area contributed by atoms with Crippen LogP contribution in [0.5, 0.6) is 0 Å². The van der Waals surface area contributed by atoms with Gasteiger partial charge in [0.1, 0.15) is 5.69 Å². The third kappa shape index (κ3) is 1.56. The van der Waals surface area contributed by atoms with Gasteiger partial charge in [-0.15, -0.1) is 4.91 Å². The lowest BCUT2D eigenvalue weighted by Crippen LogP contribution is -1.92. The summed E-state index contributed by atoms with van der Waals surface area (Å²) >= 11 is 0. The van der Waals surface area contributed by atoms with Gasteiger partial charge in [0.2, 0.25) is 0 Å². The van der Waals surface area contributed by atoms with E-state index in [9.17, 15) is 9.70 Å². The molecule has 1 aromatic carbocycles. The van der Waals surface area contributed by atoms with Crippen molar-refractivity contribution in [3.8, 4) is 0 Å². The highest BCUT2D eigenvalue weighted by Crippen LogP contribution is 2.20. The van der Waals surface area contributed by atoms with Crippen molar-refractivity contribution >= 4 is 11.5 Å². The maximum Gasteiger partial charge on any atom is 0.162 e. The zero-order chi connectivity index (χ0) is 9.14. The molecular formula is C9H9NO2. The summed E-state index contributed by atoms with van der Waals surface area (Å²) in [6.45, 7) is 3.28. The number of rotatable bonds is 2. The molecule has 0 saturated heterocycles. The first-order valence-electron chi connectivity index (χ1n) is 3.60. The van der Waals surface area contributed by atoms with Crippen molar-refractivity contribution in [1.82, 2.24) is 0 Å². The molecule has 12 heavy (non-hydrogen) atoms. The van der Waals surface area contributed by atoms with Gasteiger partial charge in [-0.1, -0.05) is 11.6 Å². The summed E-state index contributed by atoms with van der Waals surface area (Å²) in [5, 5.41) is 2.76. The number of benzene rings is 1. The number of carbonyl (C=O) groups excluding carboxylic acids is 1. The van der Waals surface area contributed by atoms with E-state index < -0.39 is 0 Å². The molecule has 0 aliphatic heterocycles. The third-order valence-electron chi connectivity index (χ3n) is 1.63. The van der Waals surface area contributed by atoms with Crippen molar-refractivity contribution in [2.24, 2.45) is 5.18 Å². The molecule has 0 radical (unpaired) electrons. The van der Waals surface area contributed by atoms with Gasteiger partial charge in [-0.3, -0.25) is 4.79 Å². The predicted molar refractivity (Wildman–Crippen MR) is 46.6 cm³/mol. The second-order valence-corrected chi connectivity index (χ2v) is 2.67. The fourth-order valence-electron chi connectivity index (χ4n) is 1.01. The molecule has 3 nitrogen and oxygen atoms in total. The van der Waals surface area contributed by atoms with Gasteiger partial charge >= 0.3 is 0 Å². The van der Waals surface area contributed by atoms with E-state index in [1.165, 1.54) is 6.92 Å². The Labute approximate surface area is 70.4 Å². The highest BCUT2D eigenvalue weighted by atomic mass is 16.3. The molecule has 0 spiro atoms. The first-order valence-corrected chi connectivity index (χ1v) is 3.60. The van der Waals surface area contributed by atoms with Crippen molar-refractivity contribution in [2.45, 2.75) is 13.8 Å². The quantitative estimate of drug-likeness (QED) is 0.497. The van der Waals surface area contributed by atoms with Gasteiger partial charge in [0.05, 0.1) is 0 Å². The van der Waals surface area contributed by atoms with Crippen LogP contribution in [0, 0.1) is 11.8 Å². The molecule has 0 saturated carbocycles. The molecule has 0 heterocycles. The monoisotopic (exact) mass is 163 g/mol. The number of hydrogen-bond acceptors (Lipinski definition) is 3. The summed E-state index contributed by atoms with van der Waals surface area (Å²) in [7, 11) is 0. The summed E-state index contributed by atoms with van der Waals surface area (Å²) in [5.41, 5.74) is 1.56. The number of carbonyl (C=O) groups is 1. The van der Waals surface area contributed by atoms with Crippen LogP contribution < -0.4 is 0 Å². The lowest BCUT2D eigenvalue weighted by Gasteiger charge is -1.99. The number of aryl methyl sites for hydroxylation is 1. The van der Waals surface area contributed by atoms with Crippen molar-refractivity contribution in [3.05, 3.63) is 34.2 Å². The van der Waals surface area contributed by atoms with Crippen LogP contribution in [0.25, 0.3) is 0 Å². The Balaban J connectivity index is 3.30. The molecule has 1 rings (SSSR count). The van der Waals surface area contributed by atoms with E-state index in [2.05, 4.69) is 5.18 Å². The SMILES string of the molecule is CC(=O)c1cc(C)ccc1N=O. The highest BCUT2D eigenvalue weighted by Gasteiger charge is 2.06. The predicted octanol–water partition coefficient (Wildman–Crippen LogP) is 2.60. The van der Waals surface area contributed by atoms with E-state index in [1.54, 1.807) is 18.2 Å². The van der Waals surface area contributed by atoms with Gasteiger partial charge < -0.3 is 0 Å². The van der Waals surface area contributed by atoms with E-state index >= 15 is 0 Å².